The average Bonchev–Trinajstić information content (AvgIpc) is 2.75. The Labute approximate surface area is 199 Å². The van der Waals surface area contributed by atoms with E-state index in [1.165, 1.54) is 6.07 Å². The van der Waals surface area contributed by atoms with Gasteiger partial charge < -0.3 is 15.4 Å². The van der Waals surface area contributed by atoms with E-state index in [1.54, 1.807) is 0 Å². The topological polar surface area (TPSA) is 84.9 Å². The fourth-order valence-electron chi connectivity index (χ4n) is 2.63. The number of nitrogens with zero attached hydrogens (tertiary/aromatic N) is 4. The number of ether oxygens (including phenoxy) is 1. The van der Waals surface area contributed by atoms with Crippen LogP contribution >= 0.6 is 34.8 Å². The third kappa shape index (κ3) is 5.56. The van der Waals surface area contributed by atoms with Crippen LogP contribution in [-0.2, 0) is 0 Å². The highest BCUT2D eigenvalue weighted by Gasteiger charge is 2.14. The minimum atomic E-state index is -0.0305. The average molecular weight is 488 g/mol. The molecule has 2 aromatic carbocycles. The molecule has 0 unspecified atom stereocenters. The number of nitrogens with one attached hydrogen (secondary N) is 2. The second-order valence-corrected chi connectivity index (χ2v) is 8.07. The largest absolute Gasteiger partial charge is 0.403 e. The summed E-state index contributed by atoms with van der Waals surface area (Å²) in [6.45, 7) is 4.02. The molecule has 162 valence electrons. The maximum atomic E-state index is 6.19. The summed E-state index contributed by atoms with van der Waals surface area (Å²) in [4.78, 5) is 17.1. The van der Waals surface area contributed by atoms with Gasteiger partial charge in [-0.05, 0) is 44.2 Å². The number of rotatable bonds is 6. The number of halogens is 3. The molecule has 0 aliphatic carbocycles. The van der Waals surface area contributed by atoms with E-state index < -0.39 is 0 Å². The van der Waals surface area contributed by atoms with Crippen molar-refractivity contribution in [1.82, 2.24) is 19.9 Å². The zero-order chi connectivity index (χ0) is 22.7. The summed E-state index contributed by atoms with van der Waals surface area (Å²) in [5.74, 6) is 0.559. The Hall–Kier alpha value is -3.13. The van der Waals surface area contributed by atoms with Gasteiger partial charge in [0.15, 0.2) is 5.15 Å². The number of aromatic nitrogens is 4. The first-order chi connectivity index (χ1) is 15.4. The van der Waals surface area contributed by atoms with Crippen LogP contribution in [0.4, 0.5) is 23.3 Å². The summed E-state index contributed by atoms with van der Waals surface area (Å²) in [5.41, 5.74) is 3.88. The van der Waals surface area contributed by atoms with Gasteiger partial charge in [0.25, 0.3) is 0 Å². The molecule has 0 aliphatic heterocycles. The molecule has 0 spiro atoms. The zero-order valence-electron chi connectivity index (χ0n) is 17.0. The fourth-order valence-corrected chi connectivity index (χ4v) is 3.16. The normalized spacial score (nSPS) is 10.7. The molecule has 2 heterocycles. The van der Waals surface area contributed by atoms with E-state index in [0.29, 0.717) is 0 Å². The molecule has 0 atom stereocenters. The van der Waals surface area contributed by atoms with Gasteiger partial charge in [-0.1, -0.05) is 70.2 Å². The predicted octanol–water partition coefficient (Wildman–Crippen LogP) is 7.12. The summed E-state index contributed by atoms with van der Waals surface area (Å²) in [7, 11) is 0. The van der Waals surface area contributed by atoms with Gasteiger partial charge >= 0.3 is 6.01 Å². The summed E-state index contributed by atoms with van der Waals surface area (Å²) >= 11 is 18.1. The van der Waals surface area contributed by atoms with E-state index in [2.05, 4.69) is 30.6 Å². The fraction of sp³-hybridized carbons (Fsp3) is 0.0909. The predicted molar refractivity (Wildman–Crippen MR) is 128 cm³/mol. The SMILES string of the molecule is Cc1ccc(Nc2nc(Nc3ccc(C)cc3)nc(Oc3nc(Cl)c(Cl)cc3Cl)n2)cc1. The number of hydrogen-bond donors (Lipinski definition) is 2. The van der Waals surface area contributed by atoms with E-state index in [9.17, 15) is 0 Å². The maximum Gasteiger partial charge on any atom is 0.330 e. The van der Waals surface area contributed by atoms with Gasteiger partial charge in [0.05, 0.1) is 5.02 Å². The molecule has 0 fully saturated rings. The molecule has 0 aliphatic rings. The minimum Gasteiger partial charge on any atom is -0.403 e. The van der Waals surface area contributed by atoms with Gasteiger partial charge in [0.2, 0.25) is 17.8 Å². The van der Waals surface area contributed by atoms with Gasteiger partial charge in [-0.25, -0.2) is 0 Å². The van der Waals surface area contributed by atoms with Crippen molar-refractivity contribution in [2.75, 3.05) is 10.6 Å². The van der Waals surface area contributed by atoms with Crippen LogP contribution in [0.25, 0.3) is 0 Å². The standard InChI is InChI=1S/C22H17Cl3N6O/c1-12-3-7-14(8-4-12)26-20-29-21(27-15-9-5-13(2)6-10-15)31-22(30-20)32-19-17(24)11-16(23)18(25)28-19/h3-11H,1-2H3,(H2,26,27,29,30,31). The molecular formula is C22H17Cl3N6O. The van der Waals surface area contributed by atoms with Crippen molar-refractivity contribution >= 4 is 58.1 Å². The maximum absolute atomic E-state index is 6.19. The summed E-state index contributed by atoms with van der Waals surface area (Å²) in [5, 5.41) is 6.72. The number of aryl methyl sites for hydroxylation is 2. The Bertz CT molecular complexity index is 1180. The molecule has 0 bridgehead atoms. The molecule has 0 amide bonds. The minimum absolute atomic E-state index is 0.0230. The lowest BCUT2D eigenvalue weighted by molar-refractivity contribution is 0.425. The molecule has 32 heavy (non-hydrogen) atoms. The van der Waals surface area contributed by atoms with E-state index in [0.717, 1.165) is 22.5 Å². The lowest BCUT2D eigenvalue weighted by Crippen LogP contribution is -2.06. The van der Waals surface area contributed by atoms with Crippen molar-refractivity contribution in [1.29, 1.82) is 0 Å². The van der Waals surface area contributed by atoms with Crippen LogP contribution in [-0.4, -0.2) is 19.9 Å². The highest BCUT2D eigenvalue weighted by Crippen LogP contribution is 2.33. The Morgan fingerprint density at radius 1 is 0.656 bits per heavy atom. The number of hydrogen-bond acceptors (Lipinski definition) is 7. The van der Waals surface area contributed by atoms with Crippen molar-refractivity contribution in [3.05, 3.63) is 80.9 Å². The Balaban J connectivity index is 1.68. The Kier molecular flexibility index (Phi) is 6.60. The molecule has 4 rings (SSSR count). The van der Waals surface area contributed by atoms with Gasteiger partial charge in [-0.15, -0.1) is 0 Å². The van der Waals surface area contributed by atoms with Gasteiger partial charge in [0.1, 0.15) is 5.02 Å². The molecule has 4 aromatic rings. The monoisotopic (exact) mass is 486 g/mol. The molecule has 2 N–H and O–H groups in total. The van der Waals surface area contributed by atoms with Crippen molar-refractivity contribution < 1.29 is 4.74 Å². The highest BCUT2D eigenvalue weighted by atomic mass is 35.5. The first-order valence-corrected chi connectivity index (χ1v) is 10.6. The molecule has 0 saturated carbocycles. The van der Waals surface area contributed by atoms with Gasteiger partial charge in [-0.2, -0.15) is 19.9 Å². The molecule has 7 nitrogen and oxygen atoms in total. The Morgan fingerprint density at radius 2 is 1.16 bits per heavy atom. The first-order valence-electron chi connectivity index (χ1n) is 9.48. The van der Waals surface area contributed by atoms with Crippen LogP contribution in [0.15, 0.2) is 54.6 Å². The van der Waals surface area contributed by atoms with E-state index in [1.807, 2.05) is 62.4 Å². The Morgan fingerprint density at radius 3 is 1.66 bits per heavy atom. The second kappa shape index (κ2) is 9.56. The smallest absolute Gasteiger partial charge is 0.330 e. The molecule has 2 aromatic heterocycles. The van der Waals surface area contributed by atoms with Crippen LogP contribution in [0, 0.1) is 13.8 Å². The van der Waals surface area contributed by atoms with Crippen LogP contribution in [0.3, 0.4) is 0 Å². The third-order valence-electron chi connectivity index (χ3n) is 4.27. The molecule has 10 heteroatoms. The van der Waals surface area contributed by atoms with Crippen molar-refractivity contribution in [2.45, 2.75) is 13.8 Å². The van der Waals surface area contributed by atoms with E-state index in [-0.39, 0.29) is 39.0 Å². The van der Waals surface area contributed by atoms with Crippen LogP contribution in [0.5, 0.6) is 11.9 Å². The summed E-state index contributed by atoms with van der Waals surface area (Å²) in [6, 6.07) is 17.0. The lowest BCUT2D eigenvalue weighted by atomic mass is 10.2. The summed E-state index contributed by atoms with van der Waals surface area (Å²) < 4.78 is 5.71. The van der Waals surface area contributed by atoms with E-state index >= 15 is 0 Å². The van der Waals surface area contributed by atoms with Crippen LogP contribution in [0.1, 0.15) is 11.1 Å². The molecular weight excluding hydrogens is 471 g/mol. The second-order valence-electron chi connectivity index (χ2n) is 6.90. The molecule has 0 radical (unpaired) electrons. The van der Waals surface area contributed by atoms with E-state index in [4.69, 9.17) is 39.5 Å². The number of pyridine rings is 1. The highest BCUT2D eigenvalue weighted by molar-refractivity contribution is 6.42. The van der Waals surface area contributed by atoms with Crippen molar-refractivity contribution in [3.8, 4) is 11.9 Å². The summed E-state index contributed by atoms with van der Waals surface area (Å²) in [6.07, 6.45) is 0. The van der Waals surface area contributed by atoms with Crippen molar-refractivity contribution in [2.24, 2.45) is 0 Å². The van der Waals surface area contributed by atoms with Crippen LogP contribution in [0.2, 0.25) is 15.2 Å². The quantitative estimate of drug-likeness (QED) is 0.280. The lowest BCUT2D eigenvalue weighted by Gasteiger charge is -2.11. The van der Waals surface area contributed by atoms with Crippen LogP contribution < -0.4 is 15.4 Å². The van der Waals surface area contributed by atoms with Gasteiger partial charge in [0, 0.05) is 11.4 Å². The zero-order valence-corrected chi connectivity index (χ0v) is 19.3. The van der Waals surface area contributed by atoms with Crippen molar-refractivity contribution in [3.63, 3.8) is 0 Å². The number of anilines is 4. The number of benzene rings is 2. The molecule has 0 saturated heterocycles. The first kappa shape index (κ1) is 22.1. The van der Waals surface area contributed by atoms with Gasteiger partial charge in [-0.3, -0.25) is 0 Å². The third-order valence-corrected chi connectivity index (χ3v) is 5.22.